The van der Waals surface area contributed by atoms with Gasteiger partial charge in [0.05, 0.1) is 18.4 Å². The normalized spacial score (nSPS) is 13.8. The monoisotopic (exact) mass is 391 g/mol. The number of ether oxygens (including phenoxy) is 1. The molecule has 0 saturated carbocycles. The summed E-state index contributed by atoms with van der Waals surface area (Å²) in [5.41, 5.74) is 3.19. The zero-order chi connectivity index (χ0) is 20.6. The van der Waals surface area contributed by atoms with E-state index < -0.39 is 0 Å². The van der Waals surface area contributed by atoms with Crippen molar-refractivity contribution in [1.82, 2.24) is 10.3 Å². The molecule has 1 atom stereocenters. The molecule has 1 unspecified atom stereocenters. The molecular weight excluding hydrogens is 366 g/mol. The molecule has 0 aliphatic carbocycles. The summed E-state index contributed by atoms with van der Waals surface area (Å²) in [5.74, 6) is 0.337. The minimum absolute atomic E-state index is 0.0464. The average Bonchev–Trinajstić information content (AvgIpc) is 2.70. The van der Waals surface area contributed by atoms with E-state index in [1.165, 1.54) is 6.20 Å². The van der Waals surface area contributed by atoms with E-state index in [1.54, 1.807) is 24.7 Å². The molecule has 150 valence electrons. The number of nitrogens with one attached hydrogen (secondary N) is 2. The Labute approximate surface area is 170 Å². The van der Waals surface area contributed by atoms with E-state index in [0.717, 1.165) is 11.3 Å². The number of benzene rings is 1. The van der Waals surface area contributed by atoms with Crippen LogP contribution in [0, 0.1) is 0 Å². The van der Waals surface area contributed by atoms with Gasteiger partial charge in [-0.3, -0.25) is 9.78 Å². The first-order valence-electron chi connectivity index (χ1n) is 9.44. The Morgan fingerprint density at radius 3 is 2.93 bits per heavy atom. The van der Waals surface area contributed by atoms with Gasteiger partial charge < -0.3 is 20.7 Å². The predicted octanol–water partition coefficient (Wildman–Crippen LogP) is 3.80. The van der Waals surface area contributed by atoms with Gasteiger partial charge in [-0.1, -0.05) is 30.7 Å². The number of aromatic nitrogens is 1. The maximum absolute atomic E-state index is 12.5. The van der Waals surface area contributed by atoms with Crippen LogP contribution in [0.15, 0.2) is 67.0 Å². The third kappa shape index (κ3) is 5.68. The second-order valence-electron chi connectivity index (χ2n) is 6.59. The highest BCUT2D eigenvalue weighted by Crippen LogP contribution is 2.24. The van der Waals surface area contributed by atoms with Gasteiger partial charge in [-0.25, -0.2) is 4.58 Å². The number of hydrogen-bond acceptors (Lipinski definition) is 4. The SMILES string of the molecule is CCOc1cncc(C(=O)Nc2cccc(C(C)[N-]C=CNC3=C[N+](C)=C3)c2)c1. The smallest absolute Gasteiger partial charge is 0.257 e. The van der Waals surface area contributed by atoms with Crippen LogP contribution < -0.4 is 15.4 Å². The van der Waals surface area contributed by atoms with Crippen LogP contribution in [0.4, 0.5) is 5.69 Å². The van der Waals surface area contributed by atoms with Crippen LogP contribution in [0.1, 0.15) is 35.8 Å². The summed E-state index contributed by atoms with van der Waals surface area (Å²) in [5, 5.41) is 10.6. The average molecular weight is 391 g/mol. The van der Waals surface area contributed by atoms with Crippen molar-refractivity contribution in [2.45, 2.75) is 19.9 Å². The van der Waals surface area contributed by atoms with Crippen molar-refractivity contribution in [3.05, 3.63) is 83.5 Å². The summed E-state index contributed by atoms with van der Waals surface area (Å²) in [6.45, 7) is 4.41. The third-order valence-corrected chi connectivity index (χ3v) is 4.23. The standard InChI is InChI=1S/C22H25N5O2/c1-4-29-21-11-18(12-23-13-21)22(28)26-19-7-5-6-17(10-19)16(2)24-8-9-25-20-14-27(3)15-20/h5-16,25H,4H2,1-3H3,(H,26,28). The quantitative estimate of drug-likeness (QED) is 0.637. The lowest BCUT2D eigenvalue weighted by Crippen LogP contribution is -2.21. The minimum atomic E-state index is -0.236. The van der Waals surface area contributed by atoms with Crippen molar-refractivity contribution in [3.63, 3.8) is 0 Å². The number of allylic oxidation sites excluding steroid dienone is 1. The highest BCUT2D eigenvalue weighted by Gasteiger charge is 2.10. The van der Waals surface area contributed by atoms with E-state index >= 15 is 0 Å². The van der Waals surface area contributed by atoms with Gasteiger partial charge in [-0.15, -0.1) is 0 Å². The molecule has 1 aromatic heterocycles. The molecule has 2 aromatic rings. The summed E-state index contributed by atoms with van der Waals surface area (Å²) in [6.07, 6.45) is 10.6. The van der Waals surface area contributed by atoms with Gasteiger partial charge in [0.2, 0.25) is 0 Å². The van der Waals surface area contributed by atoms with Gasteiger partial charge in [0, 0.05) is 11.9 Å². The maximum Gasteiger partial charge on any atom is 0.257 e. The molecule has 0 saturated heterocycles. The highest BCUT2D eigenvalue weighted by molar-refractivity contribution is 6.04. The van der Waals surface area contributed by atoms with E-state index in [0.29, 0.717) is 23.6 Å². The molecule has 1 amide bonds. The molecule has 0 bridgehead atoms. The second kappa shape index (κ2) is 9.54. The number of hydrogen-bond donors (Lipinski definition) is 2. The number of nitrogens with zero attached hydrogens (tertiary/aromatic N) is 3. The van der Waals surface area contributed by atoms with Gasteiger partial charge in [0.1, 0.15) is 12.8 Å². The van der Waals surface area contributed by atoms with Crippen LogP contribution in [-0.2, 0) is 0 Å². The Hall–Kier alpha value is -3.61. The summed E-state index contributed by atoms with van der Waals surface area (Å²) in [7, 11) is 1.97. The van der Waals surface area contributed by atoms with Gasteiger partial charge >= 0.3 is 0 Å². The zero-order valence-electron chi connectivity index (χ0n) is 16.8. The van der Waals surface area contributed by atoms with Gasteiger partial charge in [0.15, 0.2) is 18.1 Å². The van der Waals surface area contributed by atoms with Crippen molar-refractivity contribution < 1.29 is 14.1 Å². The molecule has 1 aliphatic heterocycles. The first-order chi connectivity index (χ1) is 14.0. The summed E-state index contributed by atoms with van der Waals surface area (Å²) >= 11 is 0. The van der Waals surface area contributed by atoms with Gasteiger partial charge in [-0.05, 0) is 31.3 Å². The molecule has 7 heteroatoms. The molecule has 1 aliphatic rings. The molecule has 0 fully saturated rings. The van der Waals surface area contributed by atoms with E-state index in [9.17, 15) is 4.79 Å². The van der Waals surface area contributed by atoms with Crippen LogP contribution >= 0.6 is 0 Å². The topological polar surface area (TPSA) is 80.4 Å². The fourth-order valence-corrected chi connectivity index (χ4v) is 2.76. The molecule has 1 aromatic carbocycles. The Morgan fingerprint density at radius 2 is 2.17 bits per heavy atom. The highest BCUT2D eigenvalue weighted by atomic mass is 16.5. The number of pyridine rings is 1. The van der Waals surface area contributed by atoms with E-state index in [2.05, 4.69) is 20.9 Å². The Kier molecular flexibility index (Phi) is 6.63. The van der Waals surface area contributed by atoms with E-state index in [1.807, 2.05) is 62.2 Å². The largest absolute Gasteiger partial charge is 0.683 e. The lowest BCUT2D eigenvalue weighted by Gasteiger charge is -2.26. The van der Waals surface area contributed by atoms with Crippen LogP contribution in [0.5, 0.6) is 5.75 Å². The van der Waals surface area contributed by atoms with Gasteiger partial charge in [0.25, 0.3) is 5.91 Å². The van der Waals surface area contributed by atoms with E-state index in [4.69, 9.17) is 4.74 Å². The fraction of sp³-hybridized carbons (Fsp3) is 0.227. The number of anilines is 1. The summed E-state index contributed by atoms with van der Waals surface area (Å²) in [4.78, 5) is 16.6. The summed E-state index contributed by atoms with van der Waals surface area (Å²) < 4.78 is 7.37. The van der Waals surface area contributed by atoms with Crippen molar-refractivity contribution in [3.8, 4) is 5.75 Å². The van der Waals surface area contributed by atoms with Gasteiger partial charge in [-0.2, -0.15) is 6.20 Å². The molecule has 7 nitrogen and oxygen atoms in total. The molecular formula is C22H25N5O2. The molecule has 0 spiro atoms. The maximum atomic E-state index is 12.5. The second-order valence-corrected chi connectivity index (χ2v) is 6.59. The molecule has 3 rings (SSSR count). The molecule has 29 heavy (non-hydrogen) atoms. The molecule has 2 N–H and O–H groups in total. The van der Waals surface area contributed by atoms with Crippen LogP contribution in [0.3, 0.4) is 0 Å². The molecule has 0 radical (unpaired) electrons. The van der Waals surface area contributed by atoms with Crippen LogP contribution in [0.2, 0.25) is 0 Å². The number of amides is 1. The van der Waals surface area contributed by atoms with E-state index in [-0.39, 0.29) is 11.9 Å². The van der Waals surface area contributed by atoms with Crippen LogP contribution in [-0.4, -0.2) is 35.3 Å². The van der Waals surface area contributed by atoms with Crippen molar-refractivity contribution >= 4 is 17.8 Å². The van der Waals surface area contributed by atoms with Crippen LogP contribution in [0.25, 0.3) is 5.32 Å². The number of carbonyl (C=O) groups is 1. The first-order valence-corrected chi connectivity index (χ1v) is 9.44. The first kappa shape index (κ1) is 20.1. The fourth-order valence-electron chi connectivity index (χ4n) is 2.76. The Balaban J connectivity index is 1.57. The Morgan fingerprint density at radius 1 is 1.34 bits per heavy atom. The third-order valence-electron chi connectivity index (χ3n) is 4.23. The minimum Gasteiger partial charge on any atom is -0.683 e. The van der Waals surface area contributed by atoms with Crippen molar-refractivity contribution in [1.29, 1.82) is 0 Å². The number of carbonyl (C=O) groups excluding carboxylic acids is 1. The molecule has 2 heterocycles. The van der Waals surface area contributed by atoms with Crippen molar-refractivity contribution in [2.75, 3.05) is 19.0 Å². The van der Waals surface area contributed by atoms with Crippen molar-refractivity contribution in [2.24, 2.45) is 0 Å². The summed E-state index contributed by atoms with van der Waals surface area (Å²) in [6, 6.07) is 9.29. The zero-order valence-corrected chi connectivity index (χ0v) is 16.8. The predicted molar refractivity (Wildman–Crippen MR) is 114 cm³/mol. The lowest BCUT2D eigenvalue weighted by molar-refractivity contribution is -0.429. The Bertz CT molecular complexity index is 965. The lowest BCUT2D eigenvalue weighted by atomic mass is 10.1. The number of rotatable bonds is 9.